The van der Waals surface area contributed by atoms with Crippen molar-refractivity contribution in [2.45, 2.75) is 43.7 Å². The molecule has 0 bridgehead atoms. The van der Waals surface area contributed by atoms with E-state index in [1.54, 1.807) is 18.2 Å². The van der Waals surface area contributed by atoms with Crippen LogP contribution < -0.4 is 4.72 Å². The maximum atomic E-state index is 12.4. The number of rotatable bonds is 8. The molecule has 1 aromatic carbocycles. The SMILES string of the molecule is C=C(Br)C[C@H](O)[C@@H](NS(=O)(=O)c1ccccc1)[C@@H](C)CC. The lowest BCUT2D eigenvalue weighted by Crippen LogP contribution is -2.47. The first-order valence-corrected chi connectivity index (χ1v) is 9.14. The van der Waals surface area contributed by atoms with Crippen molar-refractivity contribution in [2.75, 3.05) is 0 Å². The van der Waals surface area contributed by atoms with Gasteiger partial charge in [0.1, 0.15) is 0 Å². The number of hydrogen-bond donors (Lipinski definition) is 2. The van der Waals surface area contributed by atoms with Gasteiger partial charge in [0.25, 0.3) is 0 Å². The molecular weight excluding hydrogens is 354 g/mol. The van der Waals surface area contributed by atoms with Gasteiger partial charge >= 0.3 is 0 Å². The molecule has 0 radical (unpaired) electrons. The molecule has 1 rings (SSSR count). The smallest absolute Gasteiger partial charge is 0.240 e. The average Bonchev–Trinajstić information content (AvgIpc) is 2.44. The zero-order chi connectivity index (χ0) is 16.0. The Balaban J connectivity index is 2.98. The number of halogens is 1. The molecule has 118 valence electrons. The third-order valence-corrected chi connectivity index (χ3v) is 5.25. The van der Waals surface area contributed by atoms with Crippen LogP contribution >= 0.6 is 15.9 Å². The van der Waals surface area contributed by atoms with E-state index in [0.29, 0.717) is 10.9 Å². The number of nitrogens with one attached hydrogen (secondary N) is 1. The van der Waals surface area contributed by atoms with Gasteiger partial charge in [0.2, 0.25) is 10.0 Å². The van der Waals surface area contributed by atoms with Crippen LogP contribution in [0.4, 0.5) is 0 Å². The fourth-order valence-electron chi connectivity index (χ4n) is 2.03. The normalized spacial score (nSPS) is 16.2. The molecule has 0 amide bonds. The second-order valence-corrected chi connectivity index (χ2v) is 7.97. The zero-order valence-electron chi connectivity index (χ0n) is 12.3. The van der Waals surface area contributed by atoms with Gasteiger partial charge in [0, 0.05) is 6.42 Å². The van der Waals surface area contributed by atoms with E-state index in [9.17, 15) is 13.5 Å². The highest BCUT2D eigenvalue weighted by molar-refractivity contribution is 9.11. The number of aliphatic hydroxyl groups excluding tert-OH is 1. The maximum absolute atomic E-state index is 12.4. The van der Waals surface area contributed by atoms with Gasteiger partial charge in [-0.05, 0) is 22.5 Å². The van der Waals surface area contributed by atoms with Crippen LogP contribution in [0.25, 0.3) is 0 Å². The summed E-state index contributed by atoms with van der Waals surface area (Å²) < 4.78 is 28.1. The predicted octanol–water partition coefficient (Wildman–Crippen LogP) is 3.04. The second kappa shape index (κ2) is 8.08. The Bertz CT molecular complexity index is 560. The van der Waals surface area contributed by atoms with Crippen LogP contribution in [0.5, 0.6) is 0 Å². The van der Waals surface area contributed by atoms with Crippen molar-refractivity contribution in [3.63, 3.8) is 0 Å². The van der Waals surface area contributed by atoms with E-state index in [4.69, 9.17) is 0 Å². The molecule has 0 aliphatic rings. The Labute approximate surface area is 135 Å². The third kappa shape index (κ3) is 5.54. The van der Waals surface area contributed by atoms with E-state index < -0.39 is 22.2 Å². The third-order valence-electron chi connectivity index (χ3n) is 3.45. The molecule has 0 saturated carbocycles. The molecule has 21 heavy (non-hydrogen) atoms. The highest BCUT2D eigenvalue weighted by Gasteiger charge is 2.29. The molecule has 0 saturated heterocycles. The molecule has 6 heteroatoms. The fourth-order valence-corrected chi connectivity index (χ4v) is 3.76. The molecule has 2 N–H and O–H groups in total. The van der Waals surface area contributed by atoms with Crippen molar-refractivity contribution in [2.24, 2.45) is 5.92 Å². The van der Waals surface area contributed by atoms with Gasteiger partial charge in [-0.25, -0.2) is 13.1 Å². The summed E-state index contributed by atoms with van der Waals surface area (Å²) in [6.45, 7) is 7.57. The van der Waals surface area contributed by atoms with Crippen LogP contribution in [0.15, 0.2) is 46.3 Å². The van der Waals surface area contributed by atoms with Crippen molar-refractivity contribution in [3.8, 4) is 0 Å². The average molecular weight is 376 g/mol. The minimum absolute atomic E-state index is 0.00494. The first-order chi connectivity index (χ1) is 9.77. The predicted molar refractivity (Wildman–Crippen MR) is 88.7 cm³/mol. The Morgan fingerprint density at radius 2 is 1.95 bits per heavy atom. The summed E-state index contributed by atoms with van der Waals surface area (Å²) >= 11 is 3.21. The molecule has 3 atom stereocenters. The van der Waals surface area contributed by atoms with Gasteiger partial charge in [-0.2, -0.15) is 0 Å². The van der Waals surface area contributed by atoms with Crippen LogP contribution in [0.2, 0.25) is 0 Å². The van der Waals surface area contributed by atoms with Crippen molar-refractivity contribution >= 4 is 26.0 Å². The Morgan fingerprint density at radius 1 is 1.38 bits per heavy atom. The van der Waals surface area contributed by atoms with Crippen molar-refractivity contribution in [3.05, 3.63) is 41.4 Å². The summed E-state index contributed by atoms with van der Waals surface area (Å²) in [4.78, 5) is 0.197. The highest BCUT2D eigenvalue weighted by atomic mass is 79.9. The maximum Gasteiger partial charge on any atom is 0.240 e. The van der Waals surface area contributed by atoms with Crippen molar-refractivity contribution in [1.29, 1.82) is 0 Å². The number of benzene rings is 1. The molecule has 0 heterocycles. The molecule has 1 aromatic rings. The number of aliphatic hydroxyl groups is 1. The molecule has 0 spiro atoms. The lowest BCUT2D eigenvalue weighted by atomic mass is 9.94. The minimum atomic E-state index is -3.65. The standard InChI is InChI=1S/C15H22BrNO3S/c1-4-11(2)15(14(18)10-12(3)16)17-21(19,20)13-8-6-5-7-9-13/h5-9,11,14-15,17-18H,3-4,10H2,1-2H3/t11-,14-,15-/m0/s1. The van der Waals surface area contributed by atoms with Gasteiger partial charge in [0.15, 0.2) is 0 Å². The molecule has 4 nitrogen and oxygen atoms in total. The van der Waals surface area contributed by atoms with Gasteiger partial charge < -0.3 is 5.11 Å². The van der Waals surface area contributed by atoms with Crippen LogP contribution in [0.3, 0.4) is 0 Å². The monoisotopic (exact) mass is 375 g/mol. The summed E-state index contributed by atoms with van der Waals surface area (Å²) in [7, 11) is -3.65. The fraction of sp³-hybridized carbons (Fsp3) is 0.467. The highest BCUT2D eigenvalue weighted by Crippen LogP contribution is 2.21. The molecule has 0 aromatic heterocycles. The zero-order valence-corrected chi connectivity index (χ0v) is 14.7. The molecule has 0 aliphatic carbocycles. The summed E-state index contributed by atoms with van der Waals surface area (Å²) in [5.41, 5.74) is 0. The first kappa shape index (κ1) is 18.4. The largest absolute Gasteiger partial charge is 0.391 e. The molecular formula is C15H22BrNO3S. The Morgan fingerprint density at radius 3 is 2.43 bits per heavy atom. The molecule has 0 fully saturated rings. The Hall–Kier alpha value is -0.690. The van der Waals surface area contributed by atoms with E-state index in [0.717, 1.165) is 6.42 Å². The van der Waals surface area contributed by atoms with Crippen molar-refractivity contribution < 1.29 is 13.5 Å². The van der Waals surface area contributed by atoms with E-state index in [1.165, 1.54) is 12.1 Å². The lowest BCUT2D eigenvalue weighted by molar-refractivity contribution is 0.113. The van der Waals surface area contributed by atoms with Crippen LogP contribution in [0, 0.1) is 5.92 Å². The summed E-state index contributed by atoms with van der Waals surface area (Å²) in [5.74, 6) is 0.00494. The topological polar surface area (TPSA) is 66.4 Å². The number of hydrogen-bond acceptors (Lipinski definition) is 3. The van der Waals surface area contributed by atoms with Gasteiger partial charge in [-0.15, -0.1) is 0 Å². The lowest BCUT2D eigenvalue weighted by Gasteiger charge is -2.28. The molecule has 0 unspecified atom stereocenters. The molecule has 0 aliphatic heterocycles. The van der Waals surface area contributed by atoms with E-state index >= 15 is 0 Å². The van der Waals surface area contributed by atoms with Crippen LogP contribution in [-0.4, -0.2) is 25.7 Å². The number of sulfonamides is 1. The Kier molecular flexibility index (Phi) is 7.06. The van der Waals surface area contributed by atoms with E-state index in [-0.39, 0.29) is 10.8 Å². The quantitative estimate of drug-likeness (QED) is 0.733. The summed E-state index contributed by atoms with van der Waals surface area (Å²) in [6.07, 6.45) is 0.227. The second-order valence-electron chi connectivity index (χ2n) is 5.13. The minimum Gasteiger partial charge on any atom is -0.391 e. The first-order valence-electron chi connectivity index (χ1n) is 6.86. The summed E-state index contributed by atoms with van der Waals surface area (Å²) in [6, 6.07) is 7.61. The summed E-state index contributed by atoms with van der Waals surface area (Å²) in [5, 5.41) is 10.3. The van der Waals surface area contributed by atoms with E-state index in [2.05, 4.69) is 27.2 Å². The van der Waals surface area contributed by atoms with Crippen molar-refractivity contribution in [1.82, 2.24) is 4.72 Å². The van der Waals surface area contributed by atoms with Gasteiger partial charge in [-0.3, -0.25) is 0 Å². The van der Waals surface area contributed by atoms with Crippen LogP contribution in [-0.2, 0) is 10.0 Å². The van der Waals surface area contributed by atoms with E-state index in [1.807, 2.05) is 13.8 Å². The van der Waals surface area contributed by atoms with Gasteiger partial charge in [0.05, 0.1) is 17.0 Å². The van der Waals surface area contributed by atoms with Crippen LogP contribution in [0.1, 0.15) is 26.7 Å². The van der Waals surface area contributed by atoms with Gasteiger partial charge in [-0.1, -0.05) is 61.0 Å².